The quantitative estimate of drug-likeness (QED) is 0.579. The van der Waals surface area contributed by atoms with E-state index in [4.69, 9.17) is 11.5 Å². The Morgan fingerprint density at radius 1 is 1.26 bits per heavy atom. The third-order valence-electron chi connectivity index (χ3n) is 2.70. The molecular weight excluding hydrogens is 246 g/mol. The van der Waals surface area contributed by atoms with Crippen molar-refractivity contribution in [1.82, 2.24) is 24.5 Å². The van der Waals surface area contributed by atoms with Crippen LogP contribution in [-0.2, 0) is 6.54 Å². The number of hydrogen-bond acceptors (Lipinski definition) is 6. The number of hydrogen-bond donors (Lipinski definition) is 3. The average Bonchev–Trinajstić information content (AvgIpc) is 2.69. The minimum Gasteiger partial charge on any atom is -0.369 e. The van der Waals surface area contributed by atoms with Crippen LogP contribution in [0.1, 0.15) is 5.69 Å². The lowest BCUT2D eigenvalue weighted by Gasteiger charge is -2.04. The summed E-state index contributed by atoms with van der Waals surface area (Å²) in [7, 11) is 0. The molecule has 0 unspecified atom stereocenters. The Morgan fingerprint density at radius 2 is 2.11 bits per heavy atom. The van der Waals surface area contributed by atoms with Gasteiger partial charge in [-0.3, -0.25) is 19.3 Å². The van der Waals surface area contributed by atoms with Crippen LogP contribution in [0, 0.1) is 0 Å². The zero-order chi connectivity index (χ0) is 13.4. The Hall–Kier alpha value is -2.90. The largest absolute Gasteiger partial charge is 0.369 e. The number of nitrogens with two attached hydrogens (primary N) is 2. The van der Waals surface area contributed by atoms with Crippen LogP contribution in [0.5, 0.6) is 0 Å². The monoisotopic (exact) mass is 257 g/mol. The normalized spacial score (nSPS) is 10.9. The summed E-state index contributed by atoms with van der Waals surface area (Å²) < 4.78 is 1.60. The first-order chi connectivity index (χ1) is 9.15. The predicted molar refractivity (Wildman–Crippen MR) is 70.3 cm³/mol. The van der Waals surface area contributed by atoms with E-state index in [1.54, 1.807) is 10.8 Å². The number of fused-ring (bicyclic) bond motifs is 1. The number of pyridine rings is 1. The van der Waals surface area contributed by atoms with Gasteiger partial charge in [-0.05, 0) is 12.1 Å². The molecule has 3 heterocycles. The molecule has 8 heteroatoms. The van der Waals surface area contributed by atoms with Gasteiger partial charge in [0.15, 0.2) is 11.2 Å². The highest BCUT2D eigenvalue weighted by molar-refractivity contribution is 5.74. The van der Waals surface area contributed by atoms with E-state index in [1.165, 1.54) is 0 Å². The van der Waals surface area contributed by atoms with Crippen molar-refractivity contribution in [1.29, 1.82) is 0 Å². The molecule has 0 saturated carbocycles. The Balaban J connectivity index is 2.18. The summed E-state index contributed by atoms with van der Waals surface area (Å²) in [5.74, 6) is 0.226. The predicted octanol–water partition coefficient (Wildman–Crippen LogP) is -0.273. The van der Waals surface area contributed by atoms with Crippen molar-refractivity contribution in [3.63, 3.8) is 0 Å². The summed E-state index contributed by atoms with van der Waals surface area (Å²) in [6.07, 6.45) is 1.68. The molecule has 0 bridgehead atoms. The van der Waals surface area contributed by atoms with Gasteiger partial charge in [-0.15, -0.1) is 0 Å². The van der Waals surface area contributed by atoms with Crippen molar-refractivity contribution in [3.8, 4) is 0 Å². The van der Waals surface area contributed by atoms with E-state index >= 15 is 0 Å². The van der Waals surface area contributed by atoms with Gasteiger partial charge < -0.3 is 11.5 Å². The van der Waals surface area contributed by atoms with Crippen LogP contribution in [0.25, 0.3) is 11.2 Å². The number of nitrogens with one attached hydrogen (secondary N) is 1. The molecule has 0 aliphatic carbocycles. The summed E-state index contributed by atoms with van der Waals surface area (Å²) in [6.45, 7) is 0.374. The van der Waals surface area contributed by atoms with E-state index in [0.29, 0.717) is 12.2 Å². The van der Waals surface area contributed by atoms with Gasteiger partial charge in [-0.2, -0.15) is 4.98 Å². The first-order valence-electron chi connectivity index (χ1n) is 5.56. The molecule has 3 aromatic heterocycles. The Kier molecular flexibility index (Phi) is 2.41. The SMILES string of the molecule is Nc1nc2c(nc(N)n2Cc2ccccn2)c(=O)[nH]1. The summed E-state index contributed by atoms with van der Waals surface area (Å²) in [5.41, 5.74) is 12.2. The number of rotatable bonds is 2. The topological polar surface area (TPSA) is 128 Å². The van der Waals surface area contributed by atoms with Gasteiger partial charge in [-0.25, -0.2) is 4.98 Å². The fourth-order valence-corrected chi connectivity index (χ4v) is 1.85. The van der Waals surface area contributed by atoms with Crippen LogP contribution in [0.2, 0.25) is 0 Å². The van der Waals surface area contributed by atoms with Gasteiger partial charge in [0.05, 0.1) is 12.2 Å². The molecule has 0 spiro atoms. The first kappa shape index (κ1) is 11.2. The number of H-pyrrole nitrogens is 1. The third-order valence-corrected chi connectivity index (χ3v) is 2.70. The molecule has 19 heavy (non-hydrogen) atoms. The Bertz CT molecular complexity index is 790. The van der Waals surface area contributed by atoms with E-state index in [9.17, 15) is 4.79 Å². The van der Waals surface area contributed by atoms with Crippen molar-refractivity contribution in [3.05, 3.63) is 40.4 Å². The van der Waals surface area contributed by atoms with Crippen LogP contribution >= 0.6 is 0 Å². The minimum atomic E-state index is -0.408. The molecule has 0 fully saturated rings. The van der Waals surface area contributed by atoms with Gasteiger partial charge in [0.1, 0.15) is 0 Å². The number of imidazole rings is 1. The molecule has 3 rings (SSSR count). The highest BCUT2D eigenvalue weighted by Crippen LogP contribution is 2.14. The highest BCUT2D eigenvalue weighted by Gasteiger charge is 2.14. The Labute approximate surface area is 107 Å². The molecule has 0 aromatic carbocycles. The number of nitrogen functional groups attached to an aromatic ring is 2. The second kappa shape index (κ2) is 4.09. The van der Waals surface area contributed by atoms with Gasteiger partial charge in [0.25, 0.3) is 5.56 Å². The highest BCUT2D eigenvalue weighted by atomic mass is 16.1. The van der Waals surface area contributed by atoms with Crippen molar-refractivity contribution in [2.45, 2.75) is 6.54 Å². The van der Waals surface area contributed by atoms with Crippen molar-refractivity contribution >= 4 is 23.1 Å². The van der Waals surface area contributed by atoms with Crippen molar-refractivity contribution < 1.29 is 0 Å². The van der Waals surface area contributed by atoms with E-state index in [0.717, 1.165) is 5.69 Å². The lowest BCUT2D eigenvalue weighted by molar-refractivity contribution is 0.800. The van der Waals surface area contributed by atoms with Gasteiger partial charge in [-0.1, -0.05) is 6.07 Å². The zero-order valence-electron chi connectivity index (χ0n) is 9.87. The summed E-state index contributed by atoms with van der Waals surface area (Å²) in [4.78, 5) is 26.3. The minimum absolute atomic E-state index is 0.0275. The van der Waals surface area contributed by atoms with Crippen LogP contribution in [0.15, 0.2) is 29.2 Å². The summed E-state index contributed by atoms with van der Waals surface area (Å²) in [5, 5.41) is 0. The second-order valence-corrected chi connectivity index (χ2v) is 4.00. The second-order valence-electron chi connectivity index (χ2n) is 4.00. The molecule has 0 radical (unpaired) electrons. The van der Waals surface area contributed by atoms with Crippen molar-refractivity contribution in [2.24, 2.45) is 0 Å². The molecule has 0 aliphatic rings. The molecule has 8 nitrogen and oxygen atoms in total. The molecule has 3 aromatic rings. The number of aromatic amines is 1. The van der Waals surface area contributed by atoms with Crippen LogP contribution in [0.3, 0.4) is 0 Å². The summed E-state index contributed by atoms with van der Waals surface area (Å²) in [6, 6.07) is 5.54. The van der Waals surface area contributed by atoms with Crippen LogP contribution < -0.4 is 17.0 Å². The van der Waals surface area contributed by atoms with Crippen LogP contribution in [0.4, 0.5) is 11.9 Å². The van der Waals surface area contributed by atoms with E-state index < -0.39 is 5.56 Å². The summed E-state index contributed by atoms with van der Waals surface area (Å²) >= 11 is 0. The first-order valence-corrected chi connectivity index (χ1v) is 5.56. The fraction of sp³-hybridized carbons (Fsp3) is 0.0909. The lowest BCUT2D eigenvalue weighted by atomic mass is 10.3. The maximum absolute atomic E-state index is 11.7. The maximum atomic E-state index is 11.7. The molecule has 0 aliphatic heterocycles. The Morgan fingerprint density at radius 3 is 2.84 bits per heavy atom. The number of anilines is 2. The molecule has 96 valence electrons. The van der Waals surface area contributed by atoms with Crippen molar-refractivity contribution in [2.75, 3.05) is 11.5 Å². The van der Waals surface area contributed by atoms with E-state index in [1.807, 2.05) is 18.2 Å². The van der Waals surface area contributed by atoms with Crippen LogP contribution in [-0.4, -0.2) is 24.5 Å². The maximum Gasteiger partial charge on any atom is 0.280 e. The lowest BCUT2D eigenvalue weighted by Crippen LogP contribution is -2.12. The third kappa shape index (κ3) is 1.88. The zero-order valence-corrected chi connectivity index (χ0v) is 9.87. The molecule has 0 amide bonds. The smallest absolute Gasteiger partial charge is 0.280 e. The average molecular weight is 257 g/mol. The van der Waals surface area contributed by atoms with E-state index in [-0.39, 0.29) is 17.4 Å². The van der Waals surface area contributed by atoms with E-state index in [2.05, 4.69) is 19.9 Å². The molecular formula is C11H11N7O. The molecule has 5 N–H and O–H groups in total. The van der Waals surface area contributed by atoms with Gasteiger partial charge in [0.2, 0.25) is 11.9 Å². The molecule has 0 saturated heterocycles. The fourth-order valence-electron chi connectivity index (χ4n) is 1.85. The number of aromatic nitrogens is 5. The standard InChI is InChI=1S/C11H11N7O/c12-10-16-8-7(9(19)17-10)15-11(13)18(8)5-6-3-1-2-4-14-6/h1-4H,5H2,(H2,13,15)(H3,12,16,17,19). The number of nitrogens with zero attached hydrogens (tertiary/aromatic N) is 4. The molecule has 0 atom stereocenters. The van der Waals surface area contributed by atoms with Gasteiger partial charge >= 0.3 is 0 Å². The van der Waals surface area contributed by atoms with Gasteiger partial charge in [0, 0.05) is 6.20 Å².